The third-order valence-electron chi connectivity index (χ3n) is 5.03. The summed E-state index contributed by atoms with van der Waals surface area (Å²) in [4.78, 5) is 15.9. The van der Waals surface area contributed by atoms with Crippen LogP contribution >= 0.6 is 0 Å². The second-order valence-electron chi connectivity index (χ2n) is 7.36. The van der Waals surface area contributed by atoms with Crippen LogP contribution in [-0.4, -0.2) is 29.3 Å². The third kappa shape index (κ3) is 5.15. The van der Waals surface area contributed by atoms with Crippen molar-refractivity contribution >= 4 is 27.8 Å². The molecule has 0 saturated carbocycles. The van der Waals surface area contributed by atoms with E-state index in [2.05, 4.69) is 4.98 Å². The summed E-state index contributed by atoms with van der Waals surface area (Å²) in [6, 6.07) is 16.8. The van der Waals surface area contributed by atoms with Crippen LogP contribution in [-0.2, 0) is 9.53 Å². The maximum atomic E-state index is 11.3. The van der Waals surface area contributed by atoms with Crippen LogP contribution in [0.15, 0.2) is 59.0 Å². The molecule has 6 nitrogen and oxygen atoms in total. The Kier molecular flexibility index (Phi) is 6.36. The van der Waals surface area contributed by atoms with E-state index in [0.717, 1.165) is 46.9 Å². The number of hydrogen-bond donors (Lipinski definition) is 1. The maximum Gasteiger partial charge on any atom is 0.305 e. The quantitative estimate of drug-likeness (QED) is 0.270. The zero-order valence-electron chi connectivity index (χ0n) is 17.5. The normalized spacial score (nSPS) is 11.1. The molecule has 0 bridgehead atoms. The number of aromatic nitrogens is 1. The molecule has 0 aliphatic rings. The molecule has 31 heavy (non-hydrogen) atoms. The number of nitrogens with zero attached hydrogens (tertiary/aromatic N) is 1. The zero-order valence-corrected chi connectivity index (χ0v) is 17.5. The smallest absolute Gasteiger partial charge is 0.305 e. The predicted molar refractivity (Wildman–Crippen MR) is 119 cm³/mol. The van der Waals surface area contributed by atoms with Crippen LogP contribution in [0.1, 0.15) is 32.6 Å². The molecule has 0 atom stereocenters. The van der Waals surface area contributed by atoms with Crippen molar-refractivity contribution in [2.45, 2.75) is 32.6 Å². The summed E-state index contributed by atoms with van der Waals surface area (Å²) in [7, 11) is 0. The standard InChI is InChI=1S/C25H25NO5/c1-2-29-24(28)6-4-3-5-13-30-21-11-12-22-23(16-21)31-25(26-22)19-8-7-18-15-20(27)10-9-17(18)14-19/h7-12,14-16,27H,2-6,13H2,1H3. The molecule has 0 unspecified atom stereocenters. The second-order valence-corrected chi connectivity index (χ2v) is 7.36. The average molecular weight is 419 g/mol. The fourth-order valence-corrected chi connectivity index (χ4v) is 3.46. The molecule has 0 saturated heterocycles. The minimum absolute atomic E-state index is 0.139. The van der Waals surface area contributed by atoms with E-state index in [1.54, 1.807) is 12.1 Å². The lowest BCUT2D eigenvalue weighted by Gasteiger charge is -2.05. The summed E-state index contributed by atoms with van der Waals surface area (Å²) < 4.78 is 16.7. The van der Waals surface area contributed by atoms with Gasteiger partial charge in [0.2, 0.25) is 5.89 Å². The number of benzene rings is 3. The lowest BCUT2D eigenvalue weighted by atomic mass is 10.1. The lowest BCUT2D eigenvalue weighted by molar-refractivity contribution is -0.143. The highest BCUT2D eigenvalue weighted by molar-refractivity contribution is 5.88. The number of rotatable bonds is 9. The molecule has 0 aliphatic heterocycles. The van der Waals surface area contributed by atoms with Crippen LogP contribution in [0, 0.1) is 0 Å². The number of ether oxygens (including phenoxy) is 2. The molecule has 0 aliphatic carbocycles. The fourth-order valence-electron chi connectivity index (χ4n) is 3.46. The van der Waals surface area contributed by atoms with Gasteiger partial charge in [-0.05, 0) is 73.4 Å². The first kappa shape index (κ1) is 20.7. The number of phenols is 1. The highest BCUT2D eigenvalue weighted by atomic mass is 16.5. The van der Waals surface area contributed by atoms with Crippen molar-refractivity contribution in [3.05, 3.63) is 54.6 Å². The van der Waals surface area contributed by atoms with E-state index in [-0.39, 0.29) is 11.7 Å². The number of aromatic hydroxyl groups is 1. The molecule has 1 N–H and O–H groups in total. The minimum Gasteiger partial charge on any atom is -0.508 e. The Hall–Kier alpha value is -3.54. The third-order valence-corrected chi connectivity index (χ3v) is 5.03. The molecule has 0 spiro atoms. The first-order valence-corrected chi connectivity index (χ1v) is 10.5. The van der Waals surface area contributed by atoms with Crippen molar-refractivity contribution in [3.8, 4) is 23.0 Å². The summed E-state index contributed by atoms with van der Waals surface area (Å²) in [6.07, 6.45) is 3.04. The summed E-state index contributed by atoms with van der Waals surface area (Å²) in [5, 5.41) is 11.6. The SMILES string of the molecule is CCOC(=O)CCCCCOc1ccc2nc(-c3ccc4cc(O)ccc4c3)oc2c1. The number of oxazole rings is 1. The summed E-state index contributed by atoms with van der Waals surface area (Å²) in [6.45, 7) is 2.82. The van der Waals surface area contributed by atoms with Gasteiger partial charge in [-0.25, -0.2) is 4.98 Å². The highest BCUT2D eigenvalue weighted by Gasteiger charge is 2.10. The van der Waals surface area contributed by atoms with Gasteiger partial charge in [-0.15, -0.1) is 0 Å². The summed E-state index contributed by atoms with van der Waals surface area (Å²) >= 11 is 0. The molecule has 0 radical (unpaired) electrons. The van der Waals surface area contributed by atoms with E-state index in [1.807, 2.05) is 49.4 Å². The number of fused-ring (bicyclic) bond motifs is 2. The largest absolute Gasteiger partial charge is 0.508 e. The molecule has 3 aromatic carbocycles. The van der Waals surface area contributed by atoms with Gasteiger partial charge in [-0.2, -0.15) is 0 Å². The molecule has 4 aromatic rings. The van der Waals surface area contributed by atoms with Crippen LogP contribution in [0.5, 0.6) is 11.5 Å². The first-order valence-electron chi connectivity index (χ1n) is 10.5. The molecule has 1 aromatic heterocycles. The van der Waals surface area contributed by atoms with Gasteiger partial charge in [-0.3, -0.25) is 4.79 Å². The van der Waals surface area contributed by atoms with Crippen LogP contribution in [0.2, 0.25) is 0 Å². The van der Waals surface area contributed by atoms with Crippen molar-refractivity contribution in [2.75, 3.05) is 13.2 Å². The first-order chi connectivity index (χ1) is 15.1. The van der Waals surface area contributed by atoms with Crippen molar-refractivity contribution in [3.63, 3.8) is 0 Å². The van der Waals surface area contributed by atoms with E-state index in [9.17, 15) is 9.90 Å². The monoisotopic (exact) mass is 419 g/mol. The van der Waals surface area contributed by atoms with Crippen molar-refractivity contribution in [1.29, 1.82) is 0 Å². The molecule has 160 valence electrons. The Morgan fingerprint density at radius 2 is 1.84 bits per heavy atom. The zero-order chi connectivity index (χ0) is 21.6. The number of carbonyl (C=O) groups excluding carboxylic acids is 1. The maximum absolute atomic E-state index is 11.3. The van der Waals surface area contributed by atoms with Crippen molar-refractivity contribution in [2.24, 2.45) is 0 Å². The van der Waals surface area contributed by atoms with Crippen LogP contribution in [0.4, 0.5) is 0 Å². The number of phenolic OH excluding ortho intramolecular Hbond substituents is 1. The van der Waals surface area contributed by atoms with Crippen molar-refractivity contribution < 1.29 is 23.8 Å². The van der Waals surface area contributed by atoms with Gasteiger partial charge in [0.25, 0.3) is 0 Å². The van der Waals surface area contributed by atoms with Gasteiger partial charge in [0.1, 0.15) is 17.0 Å². The predicted octanol–water partition coefficient (Wildman–Crippen LogP) is 5.86. The summed E-state index contributed by atoms with van der Waals surface area (Å²) in [5.74, 6) is 1.38. The molecule has 4 rings (SSSR count). The summed E-state index contributed by atoms with van der Waals surface area (Å²) in [5.41, 5.74) is 2.31. The molecular formula is C25H25NO5. The second kappa shape index (κ2) is 9.51. The van der Waals surface area contributed by atoms with Gasteiger partial charge in [0.05, 0.1) is 13.2 Å². The number of carbonyl (C=O) groups is 1. The number of unbranched alkanes of at least 4 members (excludes halogenated alkanes) is 2. The van der Waals surface area contributed by atoms with E-state index >= 15 is 0 Å². The molecular weight excluding hydrogens is 394 g/mol. The Labute approximate surface area is 180 Å². The van der Waals surface area contributed by atoms with E-state index in [4.69, 9.17) is 13.9 Å². The lowest BCUT2D eigenvalue weighted by Crippen LogP contribution is -2.04. The number of hydrogen-bond acceptors (Lipinski definition) is 6. The molecule has 0 amide bonds. The molecule has 1 heterocycles. The van der Waals surface area contributed by atoms with Crippen LogP contribution in [0.3, 0.4) is 0 Å². The van der Waals surface area contributed by atoms with Gasteiger partial charge < -0.3 is 19.0 Å². The average Bonchev–Trinajstić information content (AvgIpc) is 3.19. The highest BCUT2D eigenvalue weighted by Crippen LogP contribution is 2.30. The molecule has 0 fully saturated rings. The minimum atomic E-state index is -0.139. The van der Waals surface area contributed by atoms with Crippen LogP contribution in [0.25, 0.3) is 33.3 Å². The molecule has 6 heteroatoms. The Bertz CT molecular complexity index is 1200. The van der Waals surface area contributed by atoms with Gasteiger partial charge in [0.15, 0.2) is 5.58 Å². The Balaban J connectivity index is 1.37. The van der Waals surface area contributed by atoms with E-state index in [0.29, 0.717) is 31.1 Å². The van der Waals surface area contributed by atoms with Gasteiger partial charge >= 0.3 is 5.97 Å². The fraction of sp³-hybridized carbons (Fsp3) is 0.280. The van der Waals surface area contributed by atoms with E-state index in [1.165, 1.54) is 0 Å². The Morgan fingerprint density at radius 1 is 1.00 bits per heavy atom. The number of esters is 1. The van der Waals surface area contributed by atoms with Gasteiger partial charge in [0, 0.05) is 18.1 Å². The Morgan fingerprint density at radius 3 is 2.71 bits per heavy atom. The van der Waals surface area contributed by atoms with Crippen molar-refractivity contribution in [1.82, 2.24) is 4.98 Å². The topological polar surface area (TPSA) is 81.8 Å². The van der Waals surface area contributed by atoms with Gasteiger partial charge in [-0.1, -0.05) is 12.1 Å². The van der Waals surface area contributed by atoms with E-state index < -0.39 is 0 Å². The van der Waals surface area contributed by atoms with Crippen LogP contribution < -0.4 is 4.74 Å².